The summed E-state index contributed by atoms with van der Waals surface area (Å²) in [6.07, 6.45) is 0.822. The Kier molecular flexibility index (Phi) is 5.86. The van der Waals surface area contributed by atoms with Crippen molar-refractivity contribution in [3.63, 3.8) is 0 Å². The molecule has 4 rings (SSSR count). The van der Waals surface area contributed by atoms with E-state index in [0.717, 1.165) is 5.56 Å². The second kappa shape index (κ2) is 8.58. The highest BCUT2D eigenvalue weighted by molar-refractivity contribution is 8.00. The summed E-state index contributed by atoms with van der Waals surface area (Å²) in [5.41, 5.74) is 1.24. The molecule has 2 heterocycles. The van der Waals surface area contributed by atoms with E-state index in [1.165, 1.54) is 35.9 Å². The Labute approximate surface area is 182 Å². The number of ether oxygens (including phenoxy) is 2. The molecule has 9 heteroatoms. The predicted octanol–water partition coefficient (Wildman–Crippen LogP) is 2.91. The molecule has 31 heavy (non-hydrogen) atoms. The van der Waals surface area contributed by atoms with Gasteiger partial charge in [-0.3, -0.25) is 9.59 Å². The smallest absolute Gasteiger partial charge is 0.330 e. The molecule has 2 amide bonds. The highest BCUT2D eigenvalue weighted by Crippen LogP contribution is 2.54. The second-order valence-corrected chi connectivity index (χ2v) is 8.54. The lowest BCUT2D eigenvalue weighted by Gasteiger charge is -2.33. The van der Waals surface area contributed by atoms with Crippen LogP contribution in [0.25, 0.3) is 0 Å². The number of carbonyl (C=O) groups excluding carboxylic acids is 3. The molecule has 2 aliphatic rings. The molecular weight excluding hydrogens is 423 g/mol. The fourth-order valence-corrected chi connectivity index (χ4v) is 5.63. The number of para-hydroxylation sites is 2. The number of amides is 2. The van der Waals surface area contributed by atoms with Crippen molar-refractivity contribution in [1.29, 1.82) is 0 Å². The maximum Gasteiger partial charge on any atom is 0.330 e. The number of thioether (sulfide) groups is 1. The van der Waals surface area contributed by atoms with Crippen LogP contribution in [0, 0.1) is 5.82 Å². The van der Waals surface area contributed by atoms with Crippen LogP contribution < -0.4 is 10.1 Å². The first-order chi connectivity index (χ1) is 14.9. The molecule has 0 radical (unpaired) electrons. The lowest BCUT2D eigenvalue weighted by Crippen LogP contribution is -2.47. The van der Waals surface area contributed by atoms with Crippen molar-refractivity contribution >= 4 is 35.2 Å². The summed E-state index contributed by atoms with van der Waals surface area (Å²) in [7, 11) is 1.49. The summed E-state index contributed by atoms with van der Waals surface area (Å²) in [4.78, 5) is 38.4. The third kappa shape index (κ3) is 3.97. The monoisotopic (exact) mass is 444 g/mol. The van der Waals surface area contributed by atoms with Crippen LogP contribution in [0.1, 0.15) is 18.4 Å². The maximum absolute atomic E-state index is 13.4. The number of halogens is 1. The first kappa shape index (κ1) is 21.2. The summed E-state index contributed by atoms with van der Waals surface area (Å²) in [6.45, 7) is -0.483. The molecule has 2 aromatic rings. The largest absolute Gasteiger partial charge is 0.495 e. The number of hydrogen-bond donors (Lipinski definition) is 1. The van der Waals surface area contributed by atoms with E-state index in [1.807, 2.05) is 0 Å². The van der Waals surface area contributed by atoms with Gasteiger partial charge in [0.25, 0.3) is 5.91 Å². The van der Waals surface area contributed by atoms with Crippen LogP contribution in [0.4, 0.5) is 10.1 Å². The summed E-state index contributed by atoms with van der Waals surface area (Å²) in [5, 5.41) is 2.64. The van der Waals surface area contributed by atoms with Gasteiger partial charge in [-0.2, -0.15) is 0 Å². The molecule has 7 nitrogen and oxygen atoms in total. The minimum atomic E-state index is -0.802. The Bertz CT molecular complexity index is 1020. The Balaban J connectivity index is 1.42. The summed E-state index contributed by atoms with van der Waals surface area (Å²) in [5.74, 6) is -0.842. The molecule has 0 aliphatic carbocycles. The number of anilines is 1. The summed E-state index contributed by atoms with van der Waals surface area (Å²) in [6, 6.07) is 12.1. The molecule has 2 saturated heterocycles. The number of hydrogen-bond acceptors (Lipinski definition) is 6. The fraction of sp³-hybridized carbons (Fsp3) is 0.318. The molecule has 2 fully saturated rings. The van der Waals surface area contributed by atoms with Gasteiger partial charge in [-0.1, -0.05) is 24.3 Å². The van der Waals surface area contributed by atoms with E-state index >= 15 is 0 Å². The van der Waals surface area contributed by atoms with Gasteiger partial charge >= 0.3 is 5.97 Å². The number of esters is 1. The van der Waals surface area contributed by atoms with Gasteiger partial charge in [0.05, 0.1) is 12.8 Å². The van der Waals surface area contributed by atoms with Crippen LogP contribution in [-0.4, -0.2) is 48.2 Å². The summed E-state index contributed by atoms with van der Waals surface area (Å²) < 4.78 is 23.8. The molecular formula is C22H21FN2O5S. The minimum Gasteiger partial charge on any atom is -0.495 e. The Hall–Kier alpha value is -3.07. The quantitative estimate of drug-likeness (QED) is 0.690. The van der Waals surface area contributed by atoms with Gasteiger partial charge in [0, 0.05) is 12.2 Å². The van der Waals surface area contributed by atoms with E-state index in [2.05, 4.69) is 5.32 Å². The van der Waals surface area contributed by atoms with E-state index in [9.17, 15) is 18.8 Å². The van der Waals surface area contributed by atoms with E-state index in [1.54, 1.807) is 36.4 Å². The van der Waals surface area contributed by atoms with Gasteiger partial charge in [-0.15, -0.1) is 11.8 Å². The van der Waals surface area contributed by atoms with Gasteiger partial charge in [0.2, 0.25) is 5.91 Å². The van der Waals surface area contributed by atoms with E-state index in [0.29, 0.717) is 30.0 Å². The molecule has 0 unspecified atom stereocenters. The van der Waals surface area contributed by atoms with E-state index < -0.39 is 29.4 Å². The van der Waals surface area contributed by atoms with Crippen molar-refractivity contribution in [2.24, 2.45) is 0 Å². The number of fused-ring (bicyclic) bond motifs is 1. The highest BCUT2D eigenvalue weighted by atomic mass is 32.2. The molecule has 0 bridgehead atoms. The Morgan fingerprint density at radius 1 is 1.23 bits per heavy atom. The number of nitrogens with zero attached hydrogens (tertiary/aromatic N) is 1. The highest BCUT2D eigenvalue weighted by Gasteiger charge is 2.57. The second-order valence-electron chi connectivity index (χ2n) is 7.24. The molecule has 2 aromatic carbocycles. The average molecular weight is 444 g/mol. The normalized spacial score (nSPS) is 22.2. The zero-order chi connectivity index (χ0) is 22.0. The van der Waals surface area contributed by atoms with Gasteiger partial charge in [-0.05, 0) is 36.2 Å². The standard InChI is InChI=1S/C22H21FN2O5S/c1-29-18-5-3-2-4-16(18)24-19(26)12-30-21(28)17-13-31-22(11-10-20(27)25(17)22)14-6-8-15(23)9-7-14/h2-9,17H,10-13H2,1H3,(H,24,26)/t17-,22+/m1/s1. The van der Waals surface area contributed by atoms with Crippen LogP contribution in [-0.2, 0) is 24.0 Å². The summed E-state index contributed by atoms with van der Waals surface area (Å²) >= 11 is 1.47. The van der Waals surface area contributed by atoms with Gasteiger partial charge in [0.1, 0.15) is 22.5 Å². The first-order valence-corrected chi connectivity index (χ1v) is 10.7. The van der Waals surface area contributed by atoms with Crippen molar-refractivity contribution in [3.8, 4) is 5.75 Å². The number of benzene rings is 2. The molecule has 162 valence electrons. The molecule has 0 aromatic heterocycles. The molecule has 0 spiro atoms. The Morgan fingerprint density at radius 3 is 2.71 bits per heavy atom. The van der Waals surface area contributed by atoms with E-state index in [-0.39, 0.29) is 11.7 Å². The molecule has 0 saturated carbocycles. The predicted molar refractivity (Wildman–Crippen MR) is 113 cm³/mol. The van der Waals surface area contributed by atoms with Crippen molar-refractivity contribution < 1.29 is 28.2 Å². The van der Waals surface area contributed by atoms with Crippen molar-refractivity contribution in [2.45, 2.75) is 23.8 Å². The molecule has 2 atom stereocenters. The third-order valence-electron chi connectivity index (χ3n) is 5.42. The van der Waals surface area contributed by atoms with Gasteiger partial charge < -0.3 is 19.7 Å². The topological polar surface area (TPSA) is 84.9 Å². The minimum absolute atomic E-state index is 0.158. The van der Waals surface area contributed by atoms with Crippen molar-refractivity contribution in [3.05, 3.63) is 59.9 Å². The zero-order valence-electron chi connectivity index (χ0n) is 16.8. The van der Waals surface area contributed by atoms with Gasteiger partial charge in [-0.25, -0.2) is 9.18 Å². The zero-order valence-corrected chi connectivity index (χ0v) is 17.6. The molecule has 2 aliphatic heterocycles. The number of nitrogens with one attached hydrogen (secondary N) is 1. The van der Waals surface area contributed by atoms with Crippen LogP contribution in [0.15, 0.2) is 48.5 Å². The molecule has 1 N–H and O–H groups in total. The van der Waals surface area contributed by atoms with Crippen LogP contribution in [0.5, 0.6) is 5.75 Å². The van der Waals surface area contributed by atoms with Crippen molar-refractivity contribution in [1.82, 2.24) is 4.90 Å². The lowest BCUT2D eigenvalue weighted by atomic mass is 10.0. The third-order valence-corrected chi connectivity index (χ3v) is 7.02. The number of methoxy groups -OCH3 is 1. The van der Waals surface area contributed by atoms with E-state index in [4.69, 9.17) is 9.47 Å². The SMILES string of the molecule is COc1ccccc1NC(=O)COC(=O)[C@H]1CS[C@]2(c3ccc(F)cc3)CCC(=O)N12. The van der Waals surface area contributed by atoms with Gasteiger partial charge in [0.15, 0.2) is 6.61 Å². The maximum atomic E-state index is 13.4. The van der Waals surface area contributed by atoms with Crippen LogP contribution >= 0.6 is 11.8 Å². The first-order valence-electron chi connectivity index (χ1n) is 9.76. The average Bonchev–Trinajstić information content (AvgIpc) is 3.32. The lowest BCUT2D eigenvalue weighted by molar-refractivity contribution is -0.155. The van der Waals surface area contributed by atoms with Crippen molar-refractivity contribution in [2.75, 3.05) is 24.8 Å². The van der Waals surface area contributed by atoms with Crippen LogP contribution in [0.2, 0.25) is 0 Å². The number of carbonyl (C=O) groups is 3. The Morgan fingerprint density at radius 2 is 1.97 bits per heavy atom. The number of rotatable bonds is 6. The van der Waals surface area contributed by atoms with Crippen LogP contribution in [0.3, 0.4) is 0 Å². The fourth-order valence-electron chi connectivity index (χ4n) is 3.99.